The van der Waals surface area contributed by atoms with E-state index in [1.165, 1.54) is 9.87 Å². The van der Waals surface area contributed by atoms with Crippen LogP contribution in [0.2, 0.25) is 0 Å². The normalized spacial score (nSPS) is 12.2. The van der Waals surface area contributed by atoms with Crippen molar-refractivity contribution in [1.29, 1.82) is 0 Å². The number of sulfonamides is 1. The highest BCUT2D eigenvalue weighted by atomic mass is 32.2. The summed E-state index contributed by atoms with van der Waals surface area (Å²) in [6, 6.07) is 17.0. The van der Waals surface area contributed by atoms with Crippen LogP contribution in [0, 0.1) is 6.92 Å². The van der Waals surface area contributed by atoms with E-state index < -0.39 is 10.0 Å². The van der Waals surface area contributed by atoms with E-state index in [0.717, 1.165) is 40.2 Å². The molecule has 1 heterocycles. The Labute approximate surface area is 178 Å². The lowest BCUT2D eigenvalue weighted by atomic mass is 10.1. The lowest BCUT2D eigenvalue weighted by Crippen LogP contribution is -2.26. The molecule has 30 heavy (non-hydrogen) atoms. The van der Waals surface area contributed by atoms with Crippen molar-refractivity contribution in [3.8, 4) is 0 Å². The van der Waals surface area contributed by atoms with Crippen molar-refractivity contribution in [2.75, 3.05) is 32.0 Å². The number of likely N-dealkylation sites (N-methyl/N-ethyl adjacent to an activating group) is 1. The van der Waals surface area contributed by atoms with Gasteiger partial charge in [0, 0.05) is 30.7 Å². The highest BCUT2D eigenvalue weighted by Gasteiger charge is 2.22. The Morgan fingerprint density at radius 2 is 1.73 bits per heavy atom. The molecule has 0 saturated carbocycles. The van der Waals surface area contributed by atoms with Gasteiger partial charge < -0.3 is 9.88 Å². The smallest absolute Gasteiger partial charge is 0.264 e. The zero-order valence-electron chi connectivity index (χ0n) is 17.8. The first-order valence-electron chi connectivity index (χ1n) is 10.0. The van der Waals surface area contributed by atoms with Crippen molar-refractivity contribution in [2.24, 2.45) is 0 Å². The Balaban J connectivity index is 1.71. The highest BCUT2D eigenvalue weighted by molar-refractivity contribution is 7.92. The van der Waals surface area contributed by atoms with Crippen LogP contribution < -0.4 is 4.31 Å². The summed E-state index contributed by atoms with van der Waals surface area (Å²) in [5, 5.41) is 3.06. The molecule has 6 heteroatoms. The van der Waals surface area contributed by atoms with Gasteiger partial charge in [0.05, 0.1) is 10.6 Å². The molecule has 0 aliphatic rings. The number of rotatable bonds is 6. The number of hydrogen-bond donors (Lipinski definition) is 1. The number of fused-ring (bicyclic) bond motifs is 2. The molecule has 0 aliphatic heterocycles. The molecular weight excluding hydrogens is 394 g/mol. The summed E-state index contributed by atoms with van der Waals surface area (Å²) in [5.41, 5.74) is 3.98. The van der Waals surface area contributed by atoms with Gasteiger partial charge in [-0.25, -0.2) is 8.42 Å². The van der Waals surface area contributed by atoms with Gasteiger partial charge in [-0.3, -0.25) is 4.31 Å². The number of aromatic amines is 1. The van der Waals surface area contributed by atoms with E-state index in [9.17, 15) is 8.42 Å². The van der Waals surface area contributed by atoms with Gasteiger partial charge in [0.1, 0.15) is 0 Å². The number of anilines is 1. The van der Waals surface area contributed by atoms with E-state index in [0.29, 0.717) is 10.6 Å². The molecule has 0 spiro atoms. The molecule has 1 N–H and O–H groups in total. The lowest BCUT2D eigenvalue weighted by Gasteiger charge is -2.20. The number of hydrogen-bond acceptors (Lipinski definition) is 3. The quantitative estimate of drug-likeness (QED) is 0.497. The lowest BCUT2D eigenvalue weighted by molar-refractivity contribution is 0.414. The minimum Gasteiger partial charge on any atom is -0.361 e. The first kappa shape index (κ1) is 20.4. The Hall–Kier alpha value is -2.83. The van der Waals surface area contributed by atoms with Gasteiger partial charge in [-0.2, -0.15) is 0 Å². The van der Waals surface area contributed by atoms with E-state index in [4.69, 9.17) is 0 Å². The van der Waals surface area contributed by atoms with Crippen LogP contribution in [0.4, 0.5) is 5.69 Å². The van der Waals surface area contributed by atoms with Crippen LogP contribution in [0.25, 0.3) is 21.7 Å². The van der Waals surface area contributed by atoms with Crippen molar-refractivity contribution in [3.05, 3.63) is 71.9 Å². The third-order valence-electron chi connectivity index (χ3n) is 5.67. The molecule has 0 radical (unpaired) electrons. The number of nitrogens with zero attached hydrogens (tertiary/aromatic N) is 2. The third-order valence-corrected chi connectivity index (χ3v) is 7.45. The molecule has 0 atom stereocenters. The molecule has 0 saturated heterocycles. The van der Waals surface area contributed by atoms with E-state index in [-0.39, 0.29) is 0 Å². The maximum Gasteiger partial charge on any atom is 0.264 e. The largest absolute Gasteiger partial charge is 0.361 e. The van der Waals surface area contributed by atoms with Gasteiger partial charge in [-0.05, 0) is 79.7 Å². The summed E-state index contributed by atoms with van der Waals surface area (Å²) in [4.78, 5) is 5.72. The molecule has 0 aliphatic carbocycles. The molecule has 0 unspecified atom stereocenters. The van der Waals surface area contributed by atoms with Crippen molar-refractivity contribution < 1.29 is 8.42 Å². The molecule has 156 valence electrons. The molecule has 5 nitrogen and oxygen atoms in total. The standard InChI is InChI=1S/C24H27N3O2S/c1-17-6-5-7-18-14-21(9-10-22(17)18)30(28,29)27(4)20-8-11-24-23(15-20)19(16-25-24)12-13-26(2)3/h5-11,14-16,25H,12-13H2,1-4H3. The van der Waals surface area contributed by atoms with Crippen LogP contribution in [-0.2, 0) is 16.4 Å². The fraction of sp³-hybridized carbons (Fsp3) is 0.250. The average Bonchev–Trinajstić information content (AvgIpc) is 3.13. The predicted molar refractivity (Wildman–Crippen MR) is 125 cm³/mol. The summed E-state index contributed by atoms with van der Waals surface area (Å²) < 4.78 is 28.1. The summed E-state index contributed by atoms with van der Waals surface area (Å²) in [6.07, 6.45) is 2.91. The van der Waals surface area contributed by atoms with Crippen LogP contribution in [0.3, 0.4) is 0 Å². The minimum atomic E-state index is -3.67. The van der Waals surface area contributed by atoms with Crippen molar-refractivity contribution in [3.63, 3.8) is 0 Å². The zero-order valence-corrected chi connectivity index (χ0v) is 18.6. The summed E-state index contributed by atoms with van der Waals surface area (Å²) in [7, 11) is 2.04. The second kappa shape index (κ2) is 7.78. The number of H-pyrrole nitrogens is 1. The first-order valence-corrected chi connectivity index (χ1v) is 11.4. The second-order valence-electron chi connectivity index (χ2n) is 8.03. The SMILES string of the molecule is Cc1cccc2cc(S(=O)(=O)N(C)c3ccc4[nH]cc(CCN(C)C)c4c3)ccc12. The van der Waals surface area contributed by atoms with Gasteiger partial charge in [0.15, 0.2) is 0 Å². The molecule has 1 aromatic heterocycles. The van der Waals surface area contributed by atoms with Crippen molar-refractivity contribution in [1.82, 2.24) is 9.88 Å². The average molecular weight is 422 g/mol. The number of aromatic nitrogens is 1. The molecule has 3 aromatic carbocycles. The maximum atomic E-state index is 13.3. The maximum absolute atomic E-state index is 13.3. The summed E-state index contributed by atoms with van der Waals surface area (Å²) >= 11 is 0. The van der Waals surface area contributed by atoms with E-state index in [1.54, 1.807) is 19.2 Å². The van der Waals surface area contributed by atoms with Crippen LogP contribution in [0.1, 0.15) is 11.1 Å². The number of benzene rings is 3. The van der Waals surface area contributed by atoms with E-state index in [2.05, 4.69) is 9.88 Å². The van der Waals surface area contributed by atoms with Gasteiger partial charge in [-0.1, -0.05) is 24.3 Å². The van der Waals surface area contributed by atoms with Gasteiger partial charge in [-0.15, -0.1) is 0 Å². The Kier molecular flexibility index (Phi) is 5.30. The van der Waals surface area contributed by atoms with Gasteiger partial charge in [0.2, 0.25) is 0 Å². The van der Waals surface area contributed by atoms with Gasteiger partial charge in [0.25, 0.3) is 10.0 Å². The fourth-order valence-corrected chi connectivity index (χ4v) is 5.02. The fourth-order valence-electron chi connectivity index (χ4n) is 3.79. The van der Waals surface area contributed by atoms with Gasteiger partial charge >= 0.3 is 0 Å². The number of aryl methyl sites for hydroxylation is 1. The highest BCUT2D eigenvalue weighted by Crippen LogP contribution is 2.29. The molecule has 4 aromatic rings. The van der Waals surface area contributed by atoms with Crippen LogP contribution in [0.5, 0.6) is 0 Å². The Morgan fingerprint density at radius 1 is 0.933 bits per heavy atom. The Morgan fingerprint density at radius 3 is 2.50 bits per heavy atom. The van der Waals surface area contributed by atoms with Crippen LogP contribution >= 0.6 is 0 Å². The summed E-state index contributed by atoms with van der Waals surface area (Å²) in [6.45, 7) is 2.96. The minimum absolute atomic E-state index is 0.296. The van der Waals surface area contributed by atoms with Crippen LogP contribution in [-0.4, -0.2) is 46.0 Å². The molecule has 0 amide bonds. The molecule has 4 rings (SSSR count). The Bertz CT molecular complexity index is 1320. The monoisotopic (exact) mass is 421 g/mol. The van der Waals surface area contributed by atoms with Crippen molar-refractivity contribution >= 4 is 37.4 Å². The molecule has 0 bridgehead atoms. The zero-order chi connectivity index (χ0) is 21.5. The summed E-state index contributed by atoms with van der Waals surface area (Å²) in [5.74, 6) is 0. The number of nitrogens with one attached hydrogen (secondary N) is 1. The van der Waals surface area contributed by atoms with Crippen LogP contribution in [0.15, 0.2) is 65.7 Å². The third kappa shape index (κ3) is 3.68. The van der Waals surface area contributed by atoms with E-state index in [1.807, 2.05) is 69.7 Å². The molecular formula is C24H27N3O2S. The predicted octanol–water partition coefficient (Wildman–Crippen LogP) is 4.56. The molecule has 0 fully saturated rings. The topological polar surface area (TPSA) is 56.4 Å². The second-order valence-corrected chi connectivity index (χ2v) is 10.00. The van der Waals surface area contributed by atoms with Crippen molar-refractivity contribution in [2.45, 2.75) is 18.2 Å². The first-order chi connectivity index (χ1) is 14.3. The van der Waals surface area contributed by atoms with E-state index >= 15 is 0 Å².